The van der Waals surface area contributed by atoms with Crippen molar-refractivity contribution in [1.29, 1.82) is 0 Å². The van der Waals surface area contributed by atoms with Crippen LogP contribution in [-0.2, 0) is 13.0 Å². The van der Waals surface area contributed by atoms with Gasteiger partial charge >= 0.3 is 6.03 Å². The predicted molar refractivity (Wildman–Crippen MR) is 121 cm³/mol. The summed E-state index contributed by atoms with van der Waals surface area (Å²) in [6.45, 7) is -2.53. The Bertz CT molecular complexity index is 1070. The fourth-order valence-electron chi connectivity index (χ4n) is 3.22. The number of piperidine rings is 1. The van der Waals surface area contributed by atoms with Gasteiger partial charge in [-0.15, -0.1) is 0 Å². The second-order valence-corrected chi connectivity index (χ2v) is 7.88. The summed E-state index contributed by atoms with van der Waals surface area (Å²) in [4.78, 5) is 15.8. The number of benzene rings is 2. The zero-order valence-electron chi connectivity index (χ0n) is 24.9. The van der Waals surface area contributed by atoms with E-state index in [2.05, 4.69) is 5.32 Å². The van der Waals surface area contributed by atoms with E-state index < -0.39 is 37.9 Å². The molecule has 3 rings (SSSR count). The monoisotopic (exact) mass is 434 g/mol. The van der Waals surface area contributed by atoms with Crippen LogP contribution in [0, 0.1) is 11.7 Å². The van der Waals surface area contributed by atoms with Crippen molar-refractivity contribution in [2.45, 2.75) is 45.8 Å². The molecular weight excluding hydrogens is 393 g/mol. The molecule has 168 valence electrons. The Labute approximate surface area is 195 Å². The molecule has 31 heavy (non-hydrogen) atoms. The fraction of sp³-hybridized carbons (Fsp3) is 0.480. The van der Waals surface area contributed by atoms with Crippen molar-refractivity contribution in [3.05, 3.63) is 65.5 Å². The molecular formula is C25H34FN3O2. The van der Waals surface area contributed by atoms with E-state index in [1.54, 1.807) is 38.1 Å². The largest absolute Gasteiger partial charge is 0.493 e. The summed E-state index contributed by atoms with van der Waals surface area (Å²) in [5, 5.41) is 2.74. The maximum Gasteiger partial charge on any atom is 0.318 e. The van der Waals surface area contributed by atoms with E-state index in [4.69, 9.17) is 14.3 Å². The van der Waals surface area contributed by atoms with E-state index in [0.717, 1.165) is 17.0 Å². The average molecular weight is 435 g/mol. The Morgan fingerprint density at radius 1 is 1.19 bits per heavy atom. The minimum atomic E-state index is -2.29. The van der Waals surface area contributed by atoms with E-state index in [0.29, 0.717) is 11.3 Å². The van der Waals surface area contributed by atoms with Crippen LogP contribution in [0.15, 0.2) is 48.5 Å². The van der Waals surface area contributed by atoms with Crippen molar-refractivity contribution >= 4 is 6.03 Å². The number of nitrogens with zero attached hydrogens (tertiary/aromatic N) is 2. The molecule has 1 saturated heterocycles. The van der Waals surface area contributed by atoms with Gasteiger partial charge in [-0.2, -0.15) is 0 Å². The third-order valence-electron chi connectivity index (χ3n) is 4.92. The second-order valence-electron chi connectivity index (χ2n) is 7.88. The first-order valence-corrected chi connectivity index (χ1v) is 10.5. The van der Waals surface area contributed by atoms with Crippen molar-refractivity contribution in [3.8, 4) is 5.75 Å². The number of urea groups is 1. The van der Waals surface area contributed by atoms with E-state index in [1.807, 2.05) is 0 Å². The first kappa shape index (κ1) is 15.2. The molecule has 6 heteroatoms. The lowest BCUT2D eigenvalue weighted by Gasteiger charge is -2.37. The highest BCUT2D eigenvalue weighted by molar-refractivity contribution is 5.74. The van der Waals surface area contributed by atoms with E-state index in [-0.39, 0.29) is 44.0 Å². The maximum atomic E-state index is 13.5. The van der Waals surface area contributed by atoms with E-state index in [9.17, 15) is 9.18 Å². The van der Waals surface area contributed by atoms with Gasteiger partial charge in [-0.3, -0.25) is 0 Å². The number of likely N-dealkylation sites (tertiary alicyclic amines) is 1. The smallest absolute Gasteiger partial charge is 0.318 e. The van der Waals surface area contributed by atoms with Crippen LogP contribution < -0.4 is 10.1 Å². The number of carbonyl (C=O) groups excluding carboxylic acids is 1. The number of ether oxygens (including phenoxy) is 1. The molecule has 1 aliphatic heterocycles. The normalized spacial score (nSPS) is 19.8. The van der Waals surface area contributed by atoms with Crippen LogP contribution in [0.1, 0.15) is 47.4 Å². The van der Waals surface area contributed by atoms with Gasteiger partial charge in [-0.05, 0) is 74.2 Å². The quantitative estimate of drug-likeness (QED) is 0.657. The maximum absolute atomic E-state index is 13.5. The molecule has 0 radical (unpaired) electrons. The lowest BCUT2D eigenvalue weighted by atomic mass is 10.0. The third-order valence-corrected chi connectivity index (χ3v) is 4.92. The molecule has 2 aromatic carbocycles. The molecule has 2 aromatic rings. The average Bonchev–Trinajstić information content (AvgIpc) is 2.83. The summed E-state index contributed by atoms with van der Waals surface area (Å²) in [6.07, 6.45) is 0.521. The van der Waals surface area contributed by atoms with Crippen LogP contribution in [0.3, 0.4) is 0 Å². The van der Waals surface area contributed by atoms with Crippen LogP contribution >= 0.6 is 0 Å². The molecule has 0 bridgehead atoms. The number of rotatable bonds is 8. The highest BCUT2D eigenvalue weighted by atomic mass is 19.1. The van der Waals surface area contributed by atoms with Gasteiger partial charge in [-0.25, -0.2) is 9.18 Å². The molecule has 0 aliphatic carbocycles. The molecule has 0 aromatic heterocycles. The van der Waals surface area contributed by atoms with Crippen LogP contribution in [0.5, 0.6) is 5.75 Å². The minimum Gasteiger partial charge on any atom is -0.493 e. The Hall–Kier alpha value is -2.60. The number of hydrogen-bond donors (Lipinski definition) is 1. The number of amides is 2. The molecule has 0 unspecified atom stereocenters. The van der Waals surface area contributed by atoms with Gasteiger partial charge < -0.3 is 19.9 Å². The minimum absolute atomic E-state index is 0.0697. The first-order chi connectivity index (χ1) is 17.6. The lowest BCUT2D eigenvalue weighted by molar-refractivity contribution is 0.127. The van der Waals surface area contributed by atoms with Crippen LogP contribution in [0.25, 0.3) is 0 Å². The van der Waals surface area contributed by atoms with Crippen molar-refractivity contribution in [1.82, 2.24) is 15.1 Å². The van der Waals surface area contributed by atoms with Crippen molar-refractivity contribution in [2.75, 3.05) is 26.6 Å². The zero-order chi connectivity index (χ0) is 28.3. The highest BCUT2D eigenvalue weighted by Gasteiger charge is 2.27. The van der Waals surface area contributed by atoms with E-state index >= 15 is 0 Å². The molecule has 1 N–H and O–H groups in total. The van der Waals surface area contributed by atoms with Crippen LogP contribution in [0.2, 0.25) is 0 Å². The molecule has 1 aliphatic rings. The molecule has 2 amide bonds. The fourth-order valence-corrected chi connectivity index (χ4v) is 3.22. The Kier molecular flexibility index (Phi) is 5.48. The summed E-state index contributed by atoms with van der Waals surface area (Å²) in [7, 11) is 0. The Balaban J connectivity index is 1.76. The number of hydrogen-bond acceptors (Lipinski definition) is 3. The summed E-state index contributed by atoms with van der Waals surface area (Å²) in [5.41, 5.74) is 0.795. The Morgan fingerprint density at radius 3 is 2.45 bits per heavy atom. The van der Waals surface area contributed by atoms with E-state index in [1.165, 1.54) is 17.0 Å². The summed E-state index contributed by atoms with van der Waals surface area (Å²) in [6, 6.07) is 10.1. The highest BCUT2D eigenvalue weighted by Crippen LogP contribution is 2.19. The third kappa shape index (κ3) is 7.24. The lowest BCUT2D eigenvalue weighted by Crippen LogP contribution is -2.49. The topological polar surface area (TPSA) is 44.8 Å². The molecule has 0 atom stereocenters. The van der Waals surface area contributed by atoms with Gasteiger partial charge in [0.25, 0.3) is 0 Å². The van der Waals surface area contributed by atoms with Crippen molar-refractivity contribution in [3.63, 3.8) is 0 Å². The van der Waals surface area contributed by atoms with Gasteiger partial charge in [0.05, 0.1) is 12.0 Å². The number of nitrogens with one attached hydrogen (secondary N) is 1. The molecule has 0 spiro atoms. The van der Waals surface area contributed by atoms with Crippen molar-refractivity contribution < 1.29 is 23.5 Å². The SMILES string of the molecule is [2H]C([2H])(Oc1ccc(CNC(=O)N(C2CCN(C([2H])([2H])[2H])CC2)C([2H])([2H])c2ccc(F)cc2)cc1)C(C)C. The van der Waals surface area contributed by atoms with Gasteiger partial charge in [0.2, 0.25) is 0 Å². The number of halogens is 1. The second kappa shape index (κ2) is 11.1. The molecule has 1 fully saturated rings. The molecule has 5 nitrogen and oxygen atoms in total. The summed E-state index contributed by atoms with van der Waals surface area (Å²) >= 11 is 0. The first-order valence-electron chi connectivity index (χ1n) is 14.0. The van der Waals surface area contributed by atoms with Gasteiger partial charge in [0.15, 0.2) is 0 Å². The van der Waals surface area contributed by atoms with Crippen LogP contribution in [-0.4, -0.2) is 48.5 Å². The zero-order valence-corrected chi connectivity index (χ0v) is 17.9. The molecule has 0 saturated carbocycles. The Morgan fingerprint density at radius 2 is 1.84 bits per heavy atom. The summed E-state index contributed by atoms with van der Waals surface area (Å²) in [5.74, 6) is -0.537. The van der Waals surface area contributed by atoms with Gasteiger partial charge in [-0.1, -0.05) is 38.1 Å². The van der Waals surface area contributed by atoms with Gasteiger partial charge in [0.1, 0.15) is 11.6 Å². The van der Waals surface area contributed by atoms with Gasteiger partial charge in [0, 0.05) is 23.2 Å². The standard InChI is InChI=1S/C25H34FN3O2/c1-19(2)18-31-24-10-6-20(7-11-24)16-27-25(30)29(23-12-14-28(3)15-13-23)17-21-4-8-22(26)9-5-21/h4-11,19,23H,12-18H2,1-3H3,(H,27,30)/i3D3,17D2,18D2. The van der Waals surface area contributed by atoms with Crippen LogP contribution in [0.4, 0.5) is 9.18 Å². The van der Waals surface area contributed by atoms with Crippen molar-refractivity contribution in [2.24, 2.45) is 5.92 Å². The summed E-state index contributed by atoms with van der Waals surface area (Å²) < 4.78 is 75.3. The molecule has 1 heterocycles. The number of carbonyl (C=O) groups is 1. The predicted octanol–water partition coefficient (Wildman–Crippen LogP) is 4.67.